The van der Waals surface area contributed by atoms with Gasteiger partial charge in [0.15, 0.2) is 11.5 Å². The molecule has 2 aliphatic heterocycles. The molecule has 0 spiro atoms. The van der Waals surface area contributed by atoms with E-state index in [1.807, 2.05) is 0 Å². The number of aromatic nitrogens is 2. The minimum atomic E-state index is -4.48. The first-order valence-corrected chi connectivity index (χ1v) is 11.0. The number of alkyl halides is 3. The summed E-state index contributed by atoms with van der Waals surface area (Å²) >= 11 is 3.19. The maximum atomic E-state index is 12.6. The van der Waals surface area contributed by atoms with Crippen molar-refractivity contribution in [1.29, 1.82) is 0 Å². The molecule has 1 unspecified atom stereocenters. The second kappa shape index (κ2) is 11.1. The molecule has 0 aromatic carbocycles. The third kappa shape index (κ3) is 6.97. The second-order valence-electron chi connectivity index (χ2n) is 7.46. The monoisotopic (exact) mass is 533 g/mol. The third-order valence-corrected chi connectivity index (χ3v) is 5.76. The van der Waals surface area contributed by atoms with Gasteiger partial charge in [-0.1, -0.05) is 0 Å². The molecule has 1 saturated heterocycles. The Kier molecular flexibility index (Phi) is 8.40. The van der Waals surface area contributed by atoms with Crippen LogP contribution in [0.25, 0.3) is 0 Å². The number of nitrogens with zero attached hydrogens (tertiary/aromatic N) is 5. The van der Waals surface area contributed by atoms with Gasteiger partial charge in [-0.2, -0.15) is 13.2 Å². The Morgan fingerprint density at radius 3 is 2.52 bits per heavy atom. The molecule has 1 atom stereocenters. The average Bonchev–Trinajstić information content (AvgIpc) is 2.79. The minimum Gasteiger partial charge on any atom is -0.485 e. The number of halogens is 4. The van der Waals surface area contributed by atoms with Crippen LogP contribution in [0.2, 0.25) is 0 Å². The highest BCUT2D eigenvalue weighted by Crippen LogP contribution is 2.28. The number of amides is 1. The van der Waals surface area contributed by atoms with E-state index < -0.39 is 11.7 Å². The van der Waals surface area contributed by atoms with Crippen molar-refractivity contribution in [1.82, 2.24) is 14.9 Å². The molecular weight excluding hydrogens is 511 g/mol. The number of ether oxygens (including phenoxy) is 2. The smallest absolute Gasteiger partial charge is 0.419 e. The summed E-state index contributed by atoms with van der Waals surface area (Å²) in [5.41, 5.74) is -0.899. The number of hydrogen-bond acceptors (Lipinski definition) is 8. The van der Waals surface area contributed by atoms with Crippen molar-refractivity contribution in [3.05, 3.63) is 28.2 Å². The average molecular weight is 534 g/mol. The lowest BCUT2D eigenvalue weighted by atomic mass is 10.3. The second-order valence-corrected chi connectivity index (χ2v) is 8.25. The zero-order valence-corrected chi connectivity index (χ0v) is 19.4. The van der Waals surface area contributed by atoms with Crippen molar-refractivity contribution in [2.75, 3.05) is 50.8 Å². The van der Waals surface area contributed by atoms with Gasteiger partial charge in [-0.3, -0.25) is 14.6 Å². The molecule has 2 aliphatic rings. The summed E-state index contributed by atoms with van der Waals surface area (Å²) in [4.78, 5) is 38.9. The molecular formula is C20H23BrF3N5O4. The molecule has 0 bridgehead atoms. The fourth-order valence-electron chi connectivity index (χ4n) is 3.16. The highest BCUT2D eigenvalue weighted by atomic mass is 79.9. The van der Waals surface area contributed by atoms with Crippen LogP contribution < -0.4 is 4.90 Å². The van der Waals surface area contributed by atoms with E-state index in [9.17, 15) is 22.8 Å². The number of anilines is 1. The normalized spacial score (nSPS) is 18.0. The number of rotatable bonds is 8. The summed E-state index contributed by atoms with van der Waals surface area (Å²) in [6.07, 6.45) is -1.62. The first-order valence-electron chi connectivity index (χ1n) is 10.2. The molecule has 9 nitrogen and oxygen atoms in total. The molecule has 3 rings (SSSR count). The zero-order valence-electron chi connectivity index (χ0n) is 17.8. The number of allylic oxidation sites excluding steroid dienone is 1. The Labute approximate surface area is 196 Å². The van der Waals surface area contributed by atoms with Crippen LogP contribution in [-0.4, -0.2) is 84.8 Å². The van der Waals surface area contributed by atoms with Crippen molar-refractivity contribution < 1.29 is 32.2 Å². The van der Waals surface area contributed by atoms with Crippen molar-refractivity contribution in [2.45, 2.75) is 25.6 Å². The number of piperazine rings is 1. The number of ketones is 1. The number of aliphatic imine (C=N–C) groups is 1. The summed E-state index contributed by atoms with van der Waals surface area (Å²) in [5.74, 6) is 0.329. The Morgan fingerprint density at radius 2 is 1.88 bits per heavy atom. The molecule has 33 heavy (non-hydrogen) atoms. The van der Waals surface area contributed by atoms with Crippen molar-refractivity contribution in [3.8, 4) is 0 Å². The summed E-state index contributed by atoms with van der Waals surface area (Å²) in [6.45, 7) is 3.99. The summed E-state index contributed by atoms with van der Waals surface area (Å²) in [5, 5.41) is 0. The number of dihydropyridines is 1. The quantitative estimate of drug-likeness (QED) is 0.472. The molecule has 3 heterocycles. The fourth-order valence-corrected chi connectivity index (χ4v) is 3.48. The molecule has 180 valence electrons. The lowest BCUT2D eigenvalue weighted by Crippen LogP contribution is -2.49. The van der Waals surface area contributed by atoms with Crippen molar-refractivity contribution in [2.24, 2.45) is 4.99 Å². The van der Waals surface area contributed by atoms with E-state index in [2.05, 4.69) is 30.9 Å². The summed E-state index contributed by atoms with van der Waals surface area (Å²) in [7, 11) is 0. The van der Waals surface area contributed by atoms with Crippen molar-refractivity contribution in [3.63, 3.8) is 0 Å². The van der Waals surface area contributed by atoms with E-state index in [1.165, 1.54) is 6.21 Å². The van der Waals surface area contributed by atoms with Gasteiger partial charge in [0.1, 0.15) is 17.1 Å². The van der Waals surface area contributed by atoms with E-state index in [-0.39, 0.29) is 49.9 Å². The minimum absolute atomic E-state index is 0.0768. The standard InChI is InChI=1S/C20H23BrF3N5O4/c1-13(33-16-11-25-10-15(30)18(16)21)12-32-7-2-17(31)28-3-5-29(6-4-28)19-26-8-14(9-27-19)20(22,23)24/h8-9,11,13H,2-7,10,12H2,1H3. The van der Waals surface area contributed by atoms with Gasteiger partial charge >= 0.3 is 6.18 Å². The van der Waals surface area contributed by atoms with Gasteiger partial charge in [-0.25, -0.2) is 9.97 Å². The number of carbonyl (C=O) groups excluding carboxylic acids is 2. The molecule has 1 fully saturated rings. The Bertz CT molecular complexity index is 915. The Balaban J connectivity index is 1.35. The van der Waals surface area contributed by atoms with Crippen LogP contribution in [0.5, 0.6) is 0 Å². The molecule has 1 aromatic rings. The van der Waals surface area contributed by atoms with Crippen LogP contribution in [0.15, 0.2) is 27.6 Å². The molecule has 1 aromatic heterocycles. The van der Waals surface area contributed by atoms with E-state index in [0.717, 1.165) is 12.4 Å². The molecule has 0 aliphatic carbocycles. The maximum absolute atomic E-state index is 12.6. The number of hydrogen-bond donors (Lipinski definition) is 0. The first-order chi connectivity index (χ1) is 15.6. The first kappa shape index (κ1) is 25.1. The van der Waals surface area contributed by atoms with Gasteiger partial charge in [-0.15, -0.1) is 0 Å². The predicted octanol–water partition coefficient (Wildman–Crippen LogP) is 2.22. The Morgan fingerprint density at radius 1 is 1.21 bits per heavy atom. The summed E-state index contributed by atoms with van der Waals surface area (Å²) < 4.78 is 49.4. The van der Waals surface area contributed by atoms with Gasteiger partial charge < -0.3 is 19.3 Å². The van der Waals surface area contributed by atoms with E-state index in [4.69, 9.17) is 9.47 Å². The molecule has 0 N–H and O–H groups in total. The van der Waals surface area contributed by atoms with Crippen LogP contribution in [0.1, 0.15) is 18.9 Å². The largest absolute Gasteiger partial charge is 0.485 e. The Hall–Kier alpha value is -2.54. The highest BCUT2D eigenvalue weighted by Gasteiger charge is 2.32. The van der Waals surface area contributed by atoms with E-state index in [0.29, 0.717) is 36.4 Å². The van der Waals surface area contributed by atoms with Gasteiger partial charge in [0, 0.05) is 38.6 Å². The van der Waals surface area contributed by atoms with Crippen LogP contribution in [0.4, 0.5) is 19.1 Å². The van der Waals surface area contributed by atoms with Gasteiger partial charge in [-0.05, 0) is 22.9 Å². The van der Waals surface area contributed by atoms with Crippen LogP contribution in [0.3, 0.4) is 0 Å². The third-order valence-electron chi connectivity index (χ3n) is 4.93. The van der Waals surface area contributed by atoms with Crippen LogP contribution in [0, 0.1) is 0 Å². The lowest BCUT2D eigenvalue weighted by Gasteiger charge is -2.34. The van der Waals surface area contributed by atoms with Gasteiger partial charge in [0.2, 0.25) is 11.9 Å². The maximum Gasteiger partial charge on any atom is 0.419 e. The highest BCUT2D eigenvalue weighted by molar-refractivity contribution is 9.12. The van der Waals surface area contributed by atoms with Crippen LogP contribution >= 0.6 is 15.9 Å². The van der Waals surface area contributed by atoms with Crippen molar-refractivity contribution >= 4 is 39.8 Å². The lowest BCUT2D eigenvalue weighted by molar-refractivity contribution is -0.138. The van der Waals surface area contributed by atoms with E-state index >= 15 is 0 Å². The fraction of sp³-hybridized carbons (Fsp3) is 0.550. The molecule has 1 amide bonds. The predicted molar refractivity (Wildman–Crippen MR) is 116 cm³/mol. The van der Waals surface area contributed by atoms with Crippen LogP contribution in [-0.2, 0) is 25.2 Å². The molecule has 13 heteroatoms. The molecule has 0 saturated carbocycles. The SMILES string of the molecule is CC(COCCC(=O)N1CCN(c2ncc(C(F)(F)F)cn2)CC1)OC1=C(Br)C(=O)CN=C1. The topological polar surface area (TPSA) is 97.2 Å². The number of Topliss-reactive ketones (excluding diaryl/α,β-unsaturated/α-hetero) is 1. The number of carbonyl (C=O) groups is 2. The summed E-state index contributed by atoms with van der Waals surface area (Å²) in [6, 6.07) is 0. The van der Waals surface area contributed by atoms with E-state index in [1.54, 1.807) is 16.7 Å². The van der Waals surface area contributed by atoms with Gasteiger partial charge in [0.25, 0.3) is 0 Å². The van der Waals surface area contributed by atoms with Gasteiger partial charge in [0.05, 0.1) is 31.4 Å². The molecule has 0 radical (unpaired) electrons. The zero-order chi connectivity index (χ0) is 24.0.